The number of nitrogens with zero attached hydrogens (tertiary/aromatic N) is 3. The maximum Gasteiger partial charge on any atom is 0.341 e. The number of ether oxygens (including phenoxy) is 2. The lowest BCUT2D eigenvalue weighted by Crippen LogP contribution is -2.38. The van der Waals surface area contributed by atoms with Crippen LogP contribution >= 0.6 is 35.3 Å². The summed E-state index contributed by atoms with van der Waals surface area (Å²) < 4.78 is 15.7. The van der Waals surface area contributed by atoms with E-state index in [1.807, 2.05) is 24.3 Å². The van der Waals surface area contributed by atoms with Crippen molar-refractivity contribution in [2.45, 2.75) is 33.0 Å². The number of esters is 1. The minimum atomic E-state index is -0.409. The number of hydrogen-bond donors (Lipinski definition) is 1. The van der Waals surface area contributed by atoms with Crippen LogP contribution in [0, 0.1) is 6.92 Å². The monoisotopic (exact) mass is 522 g/mol. The van der Waals surface area contributed by atoms with E-state index >= 15 is 0 Å². The zero-order valence-electron chi connectivity index (χ0n) is 16.9. The molecule has 0 radical (unpaired) electrons. The van der Waals surface area contributed by atoms with Crippen molar-refractivity contribution < 1.29 is 18.7 Å². The Morgan fingerprint density at radius 2 is 2.18 bits per heavy atom. The third-order valence-corrected chi connectivity index (χ3v) is 5.09. The molecular weight excluding hydrogens is 495 g/mol. The predicted octanol–water partition coefficient (Wildman–Crippen LogP) is 3.36. The van der Waals surface area contributed by atoms with Crippen LogP contribution in [0.5, 0.6) is 0 Å². The standard InChI is InChI=1S/C18H26N4O4S.HI/c1-11-15(17(23)25-6)7-14(26-11)8-20-18(19-3)22(4)9-13-10-27-16(21-13)12(2)24-5;/h7,10,12H,8-9H2,1-6H3,(H,19,20);1H. The van der Waals surface area contributed by atoms with Gasteiger partial charge in [-0.2, -0.15) is 0 Å². The second-order valence-corrected chi connectivity index (χ2v) is 6.88. The van der Waals surface area contributed by atoms with Crippen molar-refractivity contribution in [1.29, 1.82) is 0 Å². The molecule has 28 heavy (non-hydrogen) atoms. The fraction of sp³-hybridized carbons (Fsp3) is 0.500. The number of rotatable bonds is 7. The van der Waals surface area contributed by atoms with E-state index in [9.17, 15) is 4.79 Å². The van der Waals surface area contributed by atoms with Gasteiger partial charge in [0.2, 0.25) is 0 Å². The summed E-state index contributed by atoms with van der Waals surface area (Å²) in [5.41, 5.74) is 1.38. The van der Waals surface area contributed by atoms with Gasteiger partial charge in [0.05, 0.1) is 25.9 Å². The SMILES string of the molecule is CN=C(NCc1cc(C(=O)OC)c(C)o1)N(C)Cc1csc(C(C)OC)n1.I. The third kappa shape index (κ3) is 6.17. The highest BCUT2D eigenvalue weighted by Crippen LogP contribution is 2.21. The largest absolute Gasteiger partial charge is 0.465 e. The molecule has 1 unspecified atom stereocenters. The van der Waals surface area contributed by atoms with E-state index in [-0.39, 0.29) is 30.1 Å². The number of carbonyl (C=O) groups is 1. The molecule has 0 fully saturated rings. The quantitative estimate of drug-likeness (QED) is 0.258. The Bertz CT molecular complexity index is 805. The Morgan fingerprint density at radius 1 is 1.46 bits per heavy atom. The molecule has 0 aliphatic heterocycles. The van der Waals surface area contributed by atoms with Gasteiger partial charge in [-0.15, -0.1) is 35.3 Å². The summed E-state index contributed by atoms with van der Waals surface area (Å²) >= 11 is 1.58. The number of nitrogens with one attached hydrogen (secondary N) is 1. The summed E-state index contributed by atoms with van der Waals surface area (Å²) in [4.78, 5) is 22.5. The Kier molecular flexibility index (Phi) is 9.90. The lowest BCUT2D eigenvalue weighted by Gasteiger charge is -2.20. The maximum atomic E-state index is 11.7. The molecule has 0 bridgehead atoms. The van der Waals surface area contributed by atoms with Gasteiger partial charge in [-0.05, 0) is 19.9 Å². The number of furan rings is 1. The van der Waals surface area contributed by atoms with E-state index in [2.05, 4.69) is 15.3 Å². The summed E-state index contributed by atoms with van der Waals surface area (Å²) in [6, 6.07) is 1.68. The Hall–Kier alpha value is -1.66. The first-order valence-electron chi connectivity index (χ1n) is 8.46. The molecule has 10 heteroatoms. The molecule has 8 nitrogen and oxygen atoms in total. The van der Waals surface area contributed by atoms with Gasteiger partial charge >= 0.3 is 5.97 Å². The normalized spacial score (nSPS) is 12.3. The highest BCUT2D eigenvalue weighted by molar-refractivity contribution is 14.0. The van der Waals surface area contributed by atoms with Crippen molar-refractivity contribution >= 4 is 47.2 Å². The van der Waals surface area contributed by atoms with E-state index in [1.165, 1.54) is 7.11 Å². The van der Waals surface area contributed by atoms with Crippen LogP contribution in [-0.2, 0) is 22.6 Å². The summed E-state index contributed by atoms with van der Waals surface area (Å²) in [7, 11) is 6.67. The van der Waals surface area contributed by atoms with Crippen LogP contribution in [0.2, 0.25) is 0 Å². The molecule has 2 rings (SSSR count). The highest BCUT2D eigenvalue weighted by Gasteiger charge is 2.16. The summed E-state index contributed by atoms with van der Waals surface area (Å²) in [5, 5.41) is 6.20. The maximum absolute atomic E-state index is 11.7. The van der Waals surface area contributed by atoms with Gasteiger partial charge in [0, 0.05) is 26.6 Å². The number of guanidine groups is 1. The van der Waals surface area contributed by atoms with Crippen molar-refractivity contribution in [3.05, 3.63) is 39.2 Å². The molecule has 2 aromatic rings. The molecule has 0 amide bonds. The van der Waals surface area contributed by atoms with E-state index in [0.717, 1.165) is 10.7 Å². The molecule has 2 aromatic heterocycles. The van der Waals surface area contributed by atoms with Gasteiger partial charge in [0.25, 0.3) is 0 Å². The summed E-state index contributed by atoms with van der Waals surface area (Å²) in [6.07, 6.45) is -0.0160. The number of aliphatic imine (C=N–C) groups is 1. The van der Waals surface area contributed by atoms with Crippen LogP contribution < -0.4 is 5.32 Å². The molecule has 0 aliphatic rings. The Labute approximate surface area is 186 Å². The summed E-state index contributed by atoms with van der Waals surface area (Å²) in [5.74, 6) is 1.45. The average Bonchev–Trinajstić information content (AvgIpc) is 3.27. The lowest BCUT2D eigenvalue weighted by molar-refractivity contribution is 0.0599. The van der Waals surface area contributed by atoms with Crippen LogP contribution in [0.1, 0.15) is 45.6 Å². The Balaban J connectivity index is 0.00000392. The van der Waals surface area contributed by atoms with E-state index in [4.69, 9.17) is 13.9 Å². The van der Waals surface area contributed by atoms with Crippen LogP contribution in [0.25, 0.3) is 0 Å². The molecule has 0 saturated heterocycles. The van der Waals surface area contributed by atoms with Gasteiger partial charge in [0.1, 0.15) is 28.2 Å². The first-order valence-corrected chi connectivity index (χ1v) is 9.34. The molecule has 0 aliphatic carbocycles. The third-order valence-electron chi connectivity index (χ3n) is 4.04. The Morgan fingerprint density at radius 3 is 2.79 bits per heavy atom. The number of thiazole rings is 1. The molecule has 1 atom stereocenters. The predicted molar refractivity (Wildman–Crippen MR) is 119 cm³/mol. The topological polar surface area (TPSA) is 89.2 Å². The van der Waals surface area contributed by atoms with E-state index in [0.29, 0.717) is 36.1 Å². The molecule has 156 valence electrons. The van der Waals surface area contributed by atoms with Crippen LogP contribution in [-0.4, -0.2) is 50.1 Å². The molecule has 0 aromatic carbocycles. The molecule has 1 N–H and O–H groups in total. The minimum absolute atomic E-state index is 0. The van der Waals surface area contributed by atoms with Crippen LogP contribution in [0.3, 0.4) is 0 Å². The number of halogens is 1. The zero-order chi connectivity index (χ0) is 20.0. The van der Waals surface area contributed by atoms with Crippen molar-refractivity contribution in [2.24, 2.45) is 4.99 Å². The first-order chi connectivity index (χ1) is 12.9. The number of methoxy groups -OCH3 is 2. The van der Waals surface area contributed by atoms with Gasteiger partial charge in [-0.1, -0.05) is 0 Å². The van der Waals surface area contributed by atoms with Gasteiger partial charge in [-0.3, -0.25) is 4.99 Å². The van der Waals surface area contributed by atoms with Crippen molar-refractivity contribution in [3.8, 4) is 0 Å². The molecular formula is C18H27IN4O4S. The fourth-order valence-corrected chi connectivity index (χ4v) is 3.34. The van der Waals surface area contributed by atoms with Crippen LogP contribution in [0.4, 0.5) is 0 Å². The smallest absolute Gasteiger partial charge is 0.341 e. The molecule has 2 heterocycles. The minimum Gasteiger partial charge on any atom is -0.465 e. The van der Waals surface area contributed by atoms with E-state index < -0.39 is 5.97 Å². The first kappa shape index (κ1) is 24.4. The molecule has 0 spiro atoms. The second-order valence-electron chi connectivity index (χ2n) is 5.99. The fourth-order valence-electron chi connectivity index (χ4n) is 2.50. The van der Waals surface area contributed by atoms with Crippen molar-refractivity contribution in [1.82, 2.24) is 15.2 Å². The van der Waals surface area contributed by atoms with Gasteiger partial charge < -0.3 is 24.1 Å². The number of aromatic nitrogens is 1. The van der Waals surface area contributed by atoms with Crippen molar-refractivity contribution in [3.63, 3.8) is 0 Å². The van der Waals surface area contributed by atoms with E-state index in [1.54, 1.807) is 38.5 Å². The number of aryl methyl sites for hydroxylation is 1. The number of carbonyl (C=O) groups excluding carboxylic acids is 1. The second kappa shape index (κ2) is 11.4. The van der Waals surface area contributed by atoms with Gasteiger partial charge in [0.15, 0.2) is 5.96 Å². The lowest BCUT2D eigenvalue weighted by atomic mass is 10.2. The summed E-state index contributed by atoms with van der Waals surface area (Å²) in [6.45, 7) is 4.72. The zero-order valence-corrected chi connectivity index (χ0v) is 20.1. The highest BCUT2D eigenvalue weighted by atomic mass is 127. The number of hydrogen-bond acceptors (Lipinski definition) is 7. The van der Waals surface area contributed by atoms with Crippen molar-refractivity contribution in [2.75, 3.05) is 28.3 Å². The molecule has 0 saturated carbocycles. The van der Waals surface area contributed by atoms with Gasteiger partial charge in [-0.25, -0.2) is 9.78 Å². The average molecular weight is 522 g/mol. The van der Waals surface area contributed by atoms with Crippen LogP contribution in [0.15, 0.2) is 20.9 Å².